The van der Waals surface area contributed by atoms with E-state index in [-0.39, 0.29) is 6.42 Å². The maximum Gasteiger partial charge on any atom is 0.326 e. The summed E-state index contributed by atoms with van der Waals surface area (Å²) in [5, 5.41) is 34.4. The van der Waals surface area contributed by atoms with Crippen molar-refractivity contribution in [3.05, 3.63) is 0 Å². The second-order valence-corrected chi connectivity index (χ2v) is 8.32. The molecule has 8 N–H and O–H groups in total. The molecule has 12 nitrogen and oxygen atoms in total. The van der Waals surface area contributed by atoms with Crippen molar-refractivity contribution in [2.45, 2.75) is 63.9 Å². The van der Waals surface area contributed by atoms with E-state index in [1.165, 1.54) is 18.7 Å². The normalized spacial score (nSPS) is 15.8. The molecule has 5 atom stereocenters. The van der Waals surface area contributed by atoms with Crippen molar-refractivity contribution in [2.24, 2.45) is 11.7 Å². The molecule has 31 heavy (non-hydrogen) atoms. The van der Waals surface area contributed by atoms with Gasteiger partial charge in [-0.05, 0) is 31.3 Å². The van der Waals surface area contributed by atoms with Crippen LogP contribution in [0.1, 0.15) is 33.6 Å². The van der Waals surface area contributed by atoms with Crippen molar-refractivity contribution in [1.29, 1.82) is 0 Å². The SMILES string of the molecule is CSCCC(NC(=O)C(N)C(C)O)C(=O)NC(C(=O)NC(CC(=O)O)C(=O)O)C(C)C. The minimum atomic E-state index is -1.67. The molecule has 13 heteroatoms. The summed E-state index contributed by atoms with van der Waals surface area (Å²) < 4.78 is 0. The largest absolute Gasteiger partial charge is 0.481 e. The van der Waals surface area contributed by atoms with Gasteiger partial charge < -0.3 is 37.0 Å². The minimum absolute atomic E-state index is 0.217. The maximum atomic E-state index is 12.8. The first kappa shape index (κ1) is 28.6. The van der Waals surface area contributed by atoms with E-state index >= 15 is 0 Å². The van der Waals surface area contributed by atoms with E-state index in [1.807, 2.05) is 0 Å². The molecule has 0 aliphatic carbocycles. The van der Waals surface area contributed by atoms with Gasteiger partial charge in [-0.25, -0.2) is 4.79 Å². The molecule has 0 saturated heterocycles. The molecule has 0 aromatic carbocycles. The highest BCUT2D eigenvalue weighted by atomic mass is 32.2. The van der Waals surface area contributed by atoms with E-state index < -0.39 is 72.3 Å². The van der Waals surface area contributed by atoms with Crippen molar-refractivity contribution >= 4 is 41.4 Å². The van der Waals surface area contributed by atoms with E-state index in [1.54, 1.807) is 20.1 Å². The zero-order valence-corrected chi connectivity index (χ0v) is 18.8. The van der Waals surface area contributed by atoms with Crippen LogP contribution in [0.4, 0.5) is 0 Å². The van der Waals surface area contributed by atoms with Crippen LogP contribution in [-0.4, -0.2) is 87.3 Å². The number of aliphatic hydroxyl groups is 1. The summed E-state index contributed by atoms with van der Waals surface area (Å²) in [6.07, 6.45) is 0.0513. The summed E-state index contributed by atoms with van der Waals surface area (Å²) >= 11 is 1.43. The zero-order chi connectivity index (χ0) is 24.3. The Hall–Kier alpha value is -2.38. The Labute approximate surface area is 184 Å². The Morgan fingerprint density at radius 2 is 1.45 bits per heavy atom. The fourth-order valence-electron chi connectivity index (χ4n) is 2.42. The van der Waals surface area contributed by atoms with Crippen LogP contribution in [-0.2, 0) is 24.0 Å². The second kappa shape index (κ2) is 13.8. The Morgan fingerprint density at radius 1 is 0.903 bits per heavy atom. The number of aliphatic carboxylic acids is 2. The predicted octanol–water partition coefficient (Wildman–Crippen LogP) is -1.88. The number of nitrogens with two attached hydrogens (primary N) is 1. The summed E-state index contributed by atoms with van der Waals surface area (Å²) in [4.78, 5) is 59.5. The number of carboxylic acids is 2. The summed E-state index contributed by atoms with van der Waals surface area (Å²) in [6, 6.07) is -5.14. The van der Waals surface area contributed by atoms with Crippen molar-refractivity contribution in [3.63, 3.8) is 0 Å². The average molecular weight is 465 g/mol. The first-order valence-corrected chi connectivity index (χ1v) is 11.0. The third-order valence-electron chi connectivity index (χ3n) is 4.31. The highest BCUT2D eigenvalue weighted by Crippen LogP contribution is 2.07. The lowest BCUT2D eigenvalue weighted by Crippen LogP contribution is -2.59. The van der Waals surface area contributed by atoms with Crippen LogP contribution in [0, 0.1) is 5.92 Å². The van der Waals surface area contributed by atoms with E-state index in [9.17, 15) is 29.1 Å². The number of hydrogen-bond acceptors (Lipinski definition) is 8. The number of amides is 3. The lowest BCUT2D eigenvalue weighted by molar-refractivity contribution is -0.147. The number of aliphatic hydroxyl groups excluding tert-OH is 1. The average Bonchev–Trinajstić information content (AvgIpc) is 2.66. The van der Waals surface area contributed by atoms with Crippen LogP contribution >= 0.6 is 11.8 Å². The topological polar surface area (TPSA) is 208 Å². The van der Waals surface area contributed by atoms with E-state index in [0.29, 0.717) is 5.75 Å². The van der Waals surface area contributed by atoms with Crippen LogP contribution in [0.15, 0.2) is 0 Å². The molecule has 0 rings (SSSR count). The van der Waals surface area contributed by atoms with E-state index in [2.05, 4.69) is 16.0 Å². The van der Waals surface area contributed by atoms with Gasteiger partial charge >= 0.3 is 11.9 Å². The molecule has 0 aliphatic rings. The zero-order valence-electron chi connectivity index (χ0n) is 18.0. The number of thioether (sulfide) groups is 1. The van der Waals surface area contributed by atoms with Gasteiger partial charge in [-0.2, -0.15) is 11.8 Å². The predicted molar refractivity (Wildman–Crippen MR) is 113 cm³/mol. The molecule has 0 spiro atoms. The number of carboxylic acid groups (broad SMARTS) is 2. The Morgan fingerprint density at radius 3 is 1.87 bits per heavy atom. The molecular formula is C18H32N4O8S. The molecule has 0 bridgehead atoms. The number of rotatable bonds is 14. The standard InChI is InChI=1S/C18H32N4O8S/c1-8(2)14(17(28)21-11(18(29)30)7-12(24)25)22-15(26)10(5-6-31-4)20-16(27)13(19)9(3)23/h8-11,13-14,23H,5-7,19H2,1-4H3,(H,20,27)(H,21,28)(H,22,26)(H,24,25)(H,29,30). The van der Waals surface area contributed by atoms with Crippen LogP contribution in [0.5, 0.6) is 0 Å². The molecular weight excluding hydrogens is 432 g/mol. The highest BCUT2D eigenvalue weighted by molar-refractivity contribution is 7.98. The molecule has 0 aliphatic heterocycles. The fourth-order valence-corrected chi connectivity index (χ4v) is 2.89. The fraction of sp³-hybridized carbons (Fsp3) is 0.722. The molecule has 178 valence electrons. The monoisotopic (exact) mass is 464 g/mol. The van der Waals surface area contributed by atoms with E-state index in [0.717, 1.165) is 0 Å². The number of nitrogens with one attached hydrogen (secondary N) is 3. The van der Waals surface area contributed by atoms with E-state index in [4.69, 9.17) is 15.9 Å². The van der Waals surface area contributed by atoms with Crippen LogP contribution in [0.25, 0.3) is 0 Å². The highest BCUT2D eigenvalue weighted by Gasteiger charge is 2.32. The molecule has 0 aromatic heterocycles. The Balaban J connectivity index is 5.40. The van der Waals surface area contributed by atoms with Crippen molar-refractivity contribution in [1.82, 2.24) is 16.0 Å². The van der Waals surface area contributed by atoms with Crippen LogP contribution in [0.3, 0.4) is 0 Å². The lowest BCUT2D eigenvalue weighted by Gasteiger charge is -2.27. The smallest absolute Gasteiger partial charge is 0.326 e. The van der Waals surface area contributed by atoms with Crippen molar-refractivity contribution < 1.29 is 39.3 Å². The number of carbonyl (C=O) groups excluding carboxylic acids is 3. The van der Waals surface area contributed by atoms with Gasteiger partial charge in [-0.15, -0.1) is 0 Å². The van der Waals surface area contributed by atoms with Gasteiger partial charge in [0, 0.05) is 0 Å². The van der Waals surface area contributed by atoms with Gasteiger partial charge in [0.15, 0.2) is 0 Å². The van der Waals surface area contributed by atoms with Gasteiger partial charge in [-0.3, -0.25) is 19.2 Å². The first-order chi connectivity index (χ1) is 14.3. The quantitative estimate of drug-likeness (QED) is 0.152. The third kappa shape index (κ3) is 10.5. The molecule has 0 heterocycles. The molecule has 0 fully saturated rings. The summed E-state index contributed by atoms with van der Waals surface area (Å²) in [5.74, 6) is -5.21. The molecule has 5 unspecified atom stereocenters. The summed E-state index contributed by atoms with van der Waals surface area (Å²) in [6.45, 7) is 4.54. The molecule has 0 aromatic rings. The van der Waals surface area contributed by atoms with Gasteiger partial charge in [0.05, 0.1) is 12.5 Å². The van der Waals surface area contributed by atoms with Crippen LogP contribution < -0.4 is 21.7 Å². The van der Waals surface area contributed by atoms with Gasteiger partial charge in [-0.1, -0.05) is 13.8 Å². The first-order valence-electron chi connectivity index (χ1n) is 9.60. The molecule has 3 amide bonds. The van der Waals surface area contributed by atoms with Crippen molar-refractivity contribution in [2.75, 3.05) is 12.0 Å². The summed E-state index contributed by atoms with van der Waals surface area (Å²) in [5.41, 5.74) is 5.59. The van der Waals surface area contributed by atoms with Gasteiger partial charge in [0.25, 0.3) is 0 Å². The lowest BCUT2D eigenvalue weighted by atomic mass is 10.0. The Kier molecular flexibility index (Phi) is 12.8. The van der Waals surface area contributed by atoms with Crippen LogP contribution in [0.2, 0.25) is 0 Å². The van der Waals surface area contributed by atoms with Gasteiger partial charge in [0.2, 0.25) is 17.7 Å². The maximum absolute atomic E-state index is 12.8. The minimum Gasteiger partial charge on any atom is -0.481 e. The second-order valence-electron chi connectivity index (χ2n) is 7.34. The third-order valence-corrected chi connectivity index (χ3v) is 4.95. The summed E-state index contributed by atoms with van der Waals surface area (Å²) in [7, 11) is 0. The number of carbonyl (C=O) groups is 5. The molecule has 0 saturated carbocycles. The number of hydrogen-bond donors (Lipinski definition) is 7. The molecule has 0 radical (unpaired) electrons. The van der Waals surface area contributed by atoms with Crippen molar-refractivity contribution in [3.8, 4) is 0 Å². The van der Waals surface area contributed by atoms with Gasteiger partial charge in [0.1, 0.15) is 24.2 Å². The Bertz CT molecular complexity index is 658.